The van der Waals surface area contributed by atoms with Gasteiger partial charge in [-0.15, -0.1) is 0 Å². The van der Waals surface area contributed by atoms with Gasteiger partial charge in [-0.2, -0.15) is 0 Å². The van der Waals surface area contributed by atoms with Gasteiger partial charge < -0.3 is 15.4 Å². The van der Waals surface area contributed by atoms with Gasteiger partial charge in [-0.1, -0.05) is 26.7 Å². The van der Waals surface area contributed by atoms with Crippen molar-refractivity contribution in [3.8, 4) is 5.75 Å². The third kappa shape index (κ3) is 3.52. The summed E-state index contributed by atoms with van der Waals surface area (Å²) >= 11 is 0. The molecule has 1 heterocycles. The van der Waals surface area contributed by atoms with Gasteiger partial charge in [0.1, 0.15) is 6.33 Å². The highest BCUT2D eigenvalue weighted by Gasteiger charge is 2.23. The van der Waals surface area contributed by atoms with Crippen LogP contribution in [0.4, 0.5) is 11.6 Å². The van der Waals surface area contributed by atoms with Crippen molar-refractivity contribution in [2.45, 2.75) is 39.5 Å². The van der Waals surface area contributed by atoms with Crippen LogP contribution in [-0.4, -0.2) is 30.2 Å². The van der Waals surface area contributed by atoms with E-state index in [4.69, 9.17) is 4.74 Å². The second-order valence-electron chi connectivity index (χ2n) is 5.58. The Bertz CT molecular complexity index is 424. The summed E-state index contributed by atoms with van der Waals surface area (Å²) in [4.78, 5) is 8.57. The number of anilines is 2. The molecule has 0 saturated heterocycles. The number of nitrogens with zero attached hydrogens (tertiary/aromatic N) is 2. The number of hydrogen-bond acceptors (Lipinski definition) is 5. The van der Waals surface area contributed by atoms with E-state index in [1.165, 1.54) is 19.3 Å². The zero-order chi connectivity index (χ0) is 14.4. The van der Waals surface area contributed by atoms with Gasteiger partial charge in [0, 0.05) is 13.1 Å². The summed E-state index contributed by atoms with van der Waals surface area (Å²) in [6.07, 6.45) is 6.63. The van der Waals surface area contributed by atoms with Crippen LogP contribution in [0.1, 0.15) is 39.5 Å². The number of methoxy groups -OCH3 is 1. The molecule has 5 heteroatoms. The molecule has 0 aromatic carbocycles. The summed E-state index contributed by atoms with van der Waals surface area (Å²) in [6.45, 7) is 6.31. The summed E-state index contributed by atoms with van der Waals surface area (Å²) in [5, 5.41) is 6.71. The van der Waals surface area contributed by atoms with Crippen molar-refractivity contribution in [1.29, 1.82) is 0 Å². The molecule has 2 N–H and O–H groups in total. The van der Waals surface area contributed by atoms with Gasteiger partial charge in [-0.05, 0) is 24.7 Å². The fourth-order valence-corrected chi connectivity index (χ4v) is 2.82. The fraction of sp³-hybridized carbons (Fsp3) is 0.733. The first kappa shape index (κ1) is 14.9. The molecule has 0 aliphatic heterocycles. The van der Waals surface area contributed by atoms with Gasteiger partial charge in [0.2, 0.25) is 5.75 Å². The molecule has 112 valence electrons. The predicted molar refractivity (Wildman–Crippen MR) is 82.4 cm³/mol. The van der Waals surface area contributed by atoms with E-state index in [2.05, 4.69) is 34.4 Å². The van der Waals surface area contributed by atoms with Gasteiger partial charge >= 0.3 is 0 Å². The van der Waals surface area contributed by atoms with E-state index in [1.807, 2.05) is 0 Å². The van der Waals surface area contributed by atoms with Crippen molar-refractivity contribution >= 4 is 11.6 Å². The summed E-state index contributed by atoms with van der Waals surface area (Å²) in [6, 6.07) is 0. The number of ether oxygens (including phenoxy) is 1. The van der Waals surface area contributed by atoms with Crippen LogP contribution in [0.15, 0.2) is 6.33 Å². The minimum Gasteiger partial charge on any atom is -0.490 e. The zero-order valence-electron chi connectivity index (χ0n) is 12.8. The Kier molecular flexibility index (Phi) is 5.44. The summed E-state index contributed by atoms with van der Waals surface area (Å²) < 4.78 is 5.47. The first-order chi connectivity index (χ1) is 9.76. The Labute approximate surface area is 121 Å². The largest absolute Gasteiger partial charge is 0.490 e. The molecule has 0 spiro atoms. The Morgan fingerprint density at radius 3 is 2.60 bits per heavy atom. The van der Waals surface area contributed by atoms with E-state index in [9.17, 15) is 0 Å². The highest BCUT2D eigenvalue weighted by Crippen LogP contribution is 2.33. The second-order valence-corrected chi connectivity index (χ2v) is 5.58. The van der Waals surface area contributed by atoms with Crippen molar-refractivity contribution in [3.63, 3.8) is 0 Å². The number of aromatic nitrogens is 2. The molecule has 2 atom stereocenters. The molecule has 1 saturated carbocycles. The lowest BCUT2D eigenvalue weighted by Gasteiger charge is -2.18. The van der Waals surface area contributed by atoms with Gasteiger partial charge in [0.05, 0.1) is 7.11 Å². The smallest absolute Gasteiger partial charge is 0.204 e. The molecule has 2 rings (SSSR count). The highest BCUT2D eigenvalue weighted by molar-refractivity contribution is 5.63. The highest BCUT2D eigenvalue weighted by atomic mass is 16.5. The maximum absolute atomic E-state index is 5.47. The van der Waals surface area contributed by atoms with Gasteiger partial charge in [0.15, 0.2) is 11.6 Å². The molecule has 0 bridgehead atoms. The lowest BCUT2D eigenvalue weighted by molar-refractivity contribution is 0.411. The number of nitrogens with one attached hydrogen (secondary N) is 2. The Balaban J connectivity index is 2.02. The molecule has 1 aromatic heterocycles. The van der Waals surface area contributed by atoms with E-state index >= 15 is 0 Å². The monoisotopic (exact) mass is 278 g/mol. The van der Waals surface area contributed by atoms with Gasteiger partial charge in [-0.25, -0.2) is 9.97 Å². The SMILES string of the molecule is CCCNc1ncnc(NCC2CCCC2C)c1OC. The van der Waals surface area contributed by atoms with E-state index in [1.54, 1.807) is 13.4 Å². The van der Waals surface area contributed by atoms with Gasteiger partial charge in [-0.3, -0.25) is 0 Å². The van der Waals surface area contributed by atoms with Crippen molar-refractivity contribution < 1.29 is 4.74 Å². The molecule has 20 heavy (non-hydrogen) atoms. The normalized spacial score (nSPS) is 21.8. The summed E-state index contributed by atoms with van der Waals surface area (Å²) in [5.74, 6) is 3.81. The second kappa shape index (κ2) is 7.31. The van der Waals surface area contributed by atoms with Crippen LogP contribution in [0.3, 0.4) is 0 Å². The molecule has 1 aromatic rings. The Morgan fingerprint density at radius 1 is 1.25 bits per heavy atom. The maximum atomic E-state index is 5.47. The minimum absolute atomic E-state index is 0.714. The van der Waals surface area contributed by atoms with Crippen LogP contribution in [0.5, 0.6) is 5.75 Å². The average Bonchev–Trinajstić information content (AvgIpc) is 2.88. The van der Waals surface area contributed by atoms with Crippen LogP contribution in [0, 0.1) is 11.8 Å². The quantitative estimate of drug-likeness (QED) is 0.802. The molecule has 0 radical (unpaired) electrons. The van der Waals surface area contributed by atoms with Gasteiger partial charge in [0.25, 0.3) is 0 Å². The molecule has 1 aliphatic carbocycles. The third-order valence-electron chi connectivity index (χ3n) is 4.12. The third-order valence-corrected chi connectivity index (χ3v) is 4.12. The topological polar surface area (TPSA) is 59.1 Å². The molecule has 1 aliphatic rings. The van der Waals surface area contributed by atoms with Crippen LogP contribution < -0.4 is 15.4 Å². The van der Waals surface area contributed by atoms with E-state index in [0.29, 0.717) is 5.75 Å². The van der Waals surface area contributed by atoms with E-state index in [0.717, 1.165) is 43.0 Å². The van der Waals surface area contributed by atoms with E-state index in [-0.39, 0.29) is 0 Å². The molecule has 0 amide bonds. The molecular formula is C15H26N4O. The van der Waals surface area contributed by atoms with Crippen LogP contribution >= 0.6 is 0 Å². The lowest BCUT2D eigenvalue weighted by atomic mass is 9.98. The van der Waals surface area contributed by atoms with Crippen LogP contribution in [0.2, 0.25) is 0 Å². The molecule has 5 nitrogen and oxygen atoms in total. The van der Waals surface area contributed by atoms with Crippen molar-refractivity contribution in [2.24, 2.45) is 11.8 Å². The maximum Gasteiger partial charge on any atom is 0.204 e. The fourth-order valence-electron chi connectivity index (χ4n) is 2.82. The Hall–Kier alpha value is -1.52. The first-order valence-corrected chi connectivity index (χ1v) is 7.63. The molecular weight excluding hydrogens is 252 g/mol. The van der Waals surface area contributed by atoms with Crippen molar-refractivity contribution in [3.05, 3.63) is 6.33 Å². The minimum atomic E-state index is 0.714. The predicted octanol–water partition coefficient (Wildman–Crippen LogP) is 3.16. The summed E-state index contributed by atoms with van der Waals surface area (Å²) in [7, 11) is 1.67. The standard InChI is InChI=1S/C15H26N4O/c1-4-8-16-14-13(20-3)15(19-10-18-14)17-9-12-7-5-6-11(12)2/h10-12H,4-9H2,1-3H3,(H2,16,17,18,19). The number of rotatable bonds is 7. The number of hydrogen-bond donors (Lipinski definition) is 2. The van der Waals surface area contributed by atoms with E-state index < -0.39 is 0 Å². The summed E-state index contributed by atoms with van der Waals surface area (Å²) in [5.41, 5.74) is 0. The van der Waals surface area contributed by atoms with Crippen LogP contribution in [0.25, 0.3) is 0 Å². The zero-order valence-corrected chi connectivity index (χ0v) is 12.8. The van der Waals surface area contributed by atoms with Crippen LogP contribution in [-0.2, 0) is 0 Å². The Morgan fingerprint density at radius 2 is 2.00 bits per heavy atom. The first-order valence-electron chi connectivity index (χ1n) is 7.63. The van der Waals surface area contributed by atoms with Crippen molar-refractivity contribution in [2.75, 3.05) is 30.8 Å². The average molecular weight is 278 g/mol. The molecule has 2 unspecified atom stereocenters. The van der Waals surface area contributed by atoms with Crippen molar-refractivity contribution in [1.82, 2.24) is 9.97 Å². The molecule has 1 fully saturated rings. The lowest BCUT2D eigenvalue weighted by Crippen LogP contribution is -2.18.